The van der Waals surface area contributed by atoms with E-state index in [1.54, 1.807) is 0 Å². The molecule has 3 heterocycles. The average molecular weight is 252 g/mol. The van der Waals surface area contributed by atoms with Crippen LogP contribution < -0.4 is 10.2 Å². The van der Waals surface area contributed by atoms with E-state index in [0.29, 0.717) is 12.1 Å². The van der Waals surface area contributed by atoms with Gasteiger partial charge in [0.15, 0.2) is 5.82 Å². The van der Waals surface area contributed by atoms with Gasteiger partial charge in [0.25, 0.3) is 0 Å². The molecule has 2 unspecified atom stereocenters. The summed E-state index contributed by atoms with van der Waals surface area (Å²) >= 11 is 0. The number of benzene rings is 1. The highest BCUT2D eigenvalue weighted by Crippen LogP contribution is 2.30. The van der Waals surface area contributed by atoms with Crippen molar-refractivity contribution in [1.29, 1.82) is 0 Å². The molecular weight excluding hydrogens is 236 g/mol. The molecule has 1 aromatic heterocycles. The third-order valence-corrected chi connectivity index (χ3v) is 4.12. The number of anilines is 1. The monoisotopic (exact) mass is 252 g/mol. The smallest absolute Gasteiger partial charge is 0.151 e. The van der Waals surface area contributed by atoms with Gasteiger partial charge in [-0.05, 0) is 25.1 Å². The van der Waals surface area contributed by atoms with Gasteiger partial charge < -0.3 is 10.2 Å². The molecular formula is C15H16N4. The van der Waals surface area contributed by atoms with E-state index in [-0.39, 0.29) is 0 Å². The summed E-state index contributed by atoms with van der Waals surface area (Å²) in [7, 11) is 0. The molecule has 4 heteroatoms. The first-order valence-corrected chi connectivity index (χ1v) is 6.81. The van der Waals surface area contributed by atoms with Crippen LogP contribution >= 0.6 is 0 Å². The lowest BCUT2D eigenvalue weighted by molar-refractivity contribution is 0.392. The Bertz CT molecular complexity index is 566. The minimum atomic E-state index is 0.622. The molecule has 2 aromatic rings. The van der Waals surface area contributed by atoms with Crippen molar-refractivity contribution in [3.05, 3.63) is 42.5 Å². The van der Waals surface area contributed by atoms with E-state index in [9.17, 15) is 0 Å². The molecule has 0 bridgehead atoms. The third kappa shape index (κ3) is 1.79. The standard InChI is InChI=1S/C15H16N4/c1-2-4-11(5-3-1)12-6-7-15(18-17-12)19-10-13-14(19)8-9-16-13/h1-7,13-14,16H,8-10H2. The van der Waals surface area contributed by atoms with Crippen LogP contribution in [-0.4, -0.2) is 35.4 Å². The van der Waals surface area contributed by atoms with Crippen molar-refractivity contribution in [3.8, 4) is 11.3 Å². The van der Waals surface area contributed by atoms with Crippen LogP contribution in [0, 0.1) is 0 Å². The Kier molecular flexibility index (Phi) is 2.48. The van der Waals surface area contributed by atoms with Gasteiger partial charge in [-0.15, -0.1) is 10.2 Å². The summed E-state index contributed by atoms with van der Waals surface area (Å²) in [6.45, 7) is 2.19. The van der Waals surface area contributed by atoms with Crippen LogP contribution in [0.5, 0.6) is 0 Å². The van der Waals surface area contributed by atoms with Gasteiger partial charge in [0, 0.05) is 24.2 Å². The van der Waals surface area contributed by atoms with Gasteiger partial charge in [-0.3, -0.25) is 0 Å². The molecule has 4 rings (SSSR count). The molecule has 0 aliphatic carbocycles. The van der Waals surface area contributed by atoms with E-state index in [0.717, 1.165) is 30.2 Å². The number of hydrogen-bond acceptors (Lipinski definition) is 4. The first kappa shape index (κ1) is 10.9. The molecule has 4 nitrogen and oxygen atoms in total. The molecule has 0 amide bonds. The second-order valence-electron chi connectivity index (χ2n) is 5.21. The maximum absolute atomic E-state index is 4.39. The van der Waals surface area contributed by atoms with E-state index >= 15 is 0 Å². The van der Waals surface area contributed by atoms with Crippen LogP contribution in [0.3, 0.4) is 0 Å². The van der Waals surface area contributed by atoms with Crippen molar-refractivity contribution in [2.45, 2.75) is 18.5 Å². The van der Waals surface area contributed by atoms with Crippen LogP contribution in [0.1, 0.15) is 6.42 Å². The third-order valence-electron chi connectivity index (χ3n) is 4.12. The topological polar surface area (TPSA) is 41.0 Å². The molecule has 2 atom stereocenters. The number of rotatable bonds is 2. The minimum absolute atomic E-state index is 0.622. The highest BCUT2D eigenvalue weighted by atomic mass is 15.4. The summed E-state index contributed by atoms with van der Waals surface area (Å²) in [5.41, 5.74) is 2.05. The quantitative estimate of drug-likeness (QED) is 0.883. The summed E-state index contributed by atoms with van der Waals surface area (Å²) in [6, 6.07) is 15.6. The molecule has 0 radical (unpaired) electrons. The van der Waals surface area contributed by atoms with Crippen molar-refractivity contribution in [2.24, 2.45) is 0 Å². The van der Waals surface area contributed by atoms with Gasteiger partial charge in [0.2, 0.25) is 0 Å². The summed E-state index contributed by atoms with van der Waals surface area (Å²) in [4.78, 5) is 2.35. The molecule has 2 aliphatic heterocycles. The van der Waals surface area contributed by atoms with Crippen molar-refractivity contribution in [1.82, 2.24) is 15.5 Å². The number of aromatic nitrogens is 2. The van der Waals surface area contributed by atoms with Gasteiger partial charge in [0.1, 0.15) is 0 Å². The molecule has 19 heavy (non-hydrogen) atoms. The normalized spacial score (nSPS) is 24.9. The van der Waals surface area contributed by atoms with E-state index < -0.39 is 0 Å². The summed E-state index contributed by atoms with van der Waals surface area (Å²) in [6.07, 6.45) is 1.22. The Morgan fingerprint density at radius 2 is 1.95 bits per heavy atom. The van der Waals surface area contributed by atoms with Gasteiger partial charge in [-0.1, -0.05) is 30.3 Å². The molecule has 0 saturated carbocycles. The van der Waals surface area contributed by atoms with Crippen molar-refractivity contribution in [3.63, 3.8) is 0 Å². The van der Waals surface area contributed by atoms with E-state index in [1.165, 1.54) is 6.42 Å². The van der Waals surface area contributed by atoms with Gasteiger partial charge in [-0.25, -0.2) is 0 Å². The number of hydrogen-bond donors (Lipinski definition) is 1. The fourth-order valence-corrected chi connectivity index (χ4v) is 3.03. The second-order valence-corrected chi connectivity index (χ2v) is 5.21. The minimum Gasteiger partial charge on any atom is -0.349 e. The Hall–Kier alpha value is -1.94. The van der Waals surface area contributed by atoms with Crippen LogP contribution in [0.25, 0.3) is 11.3 Å². The van der Waals surface area contributed by atoms with E-state index in [1.807, 2.05) is 18.2 Å². The Labute approximate surface area is 112 Å². The lowest BCUT2D eigenvalue weighted by Gasteiger charge is -2.44. The summed E-state index contributed by atoms with van der Waals surface area (Å²) in [5.74, 6) is 1.00. The summed E-state index contributed by atoms with van der Waals surface area (Å²) in [5, 5.41) is 12.2. The maximum atomic E-state index is 4.39. The first-order valence-electron chi connectivity index (χ1n) is 6.81. The van der Waals surface area contributed by atoms with E-state index in [2.05, 4.69) is 44.7 Å². The Balaban J connectivity index is 1.57. The number of nitrogens with zero attached hydrogens (tertiary/aromatic N) is 3. The van der Waals surface area contributed by atoms with Crippen LogP contribution in [-0.2, 0) is 0 Å². The predicted octanol–water partition coefficient (Wildman–Crippen LogP) is 1.69. The predicted molar refractivity (Wildman–Crippen MR) is 75.0 cm³/mol. The molecule has 1 aromatic carbocycles. The lowest BCUT2D eigenvalue weighted by Crippen LogP contribution is -2.61. The highest BCUT2D eigenvalue weighted by Gasteiger charge is 2.42. The van der Waals surface area contributed by atoms with Crippen LogP contribution in [0.15, 0.2) is 42.5 Å². The van der Waals surface area contributed by atoms with Crippen LogP contribution in [0.4, 0.5) is 5.82 Å². The lowest BCUT2D eigenvalue weighted by atomic mass is 9.98. The molecule has 0 spiro atoms. The fourth-order valence-electron chi connectivity index (χ4n) is 3.03. The molecule has 96 valence electrons. The first-order chi connectivity index (χ1) is 9.42. The van der Waals surface area contributed by atoms with E-state index in [4.69, 9.17) is 0 Å². The second kappa shape index (κ2) is 4.31. The largest absolute Gasteiger partial charge is 0.349 e. The zero-order valence-corrected chi connectivity index (χ0v) is 10.7. The maximum Gasteiger partial charge on any atom is 0.151 e. The zero-order chi connectivity index (χ0) is 12.7. The molecule has 1 N–H and O–H groups in total. The molecule has 2 fully saturated rings. The van der Waals surface area contributed by atoms with Gasteiger partial charge >= 0.3 is 0 Å². The fraction of sp³-hybridized carbons (Fsp3) is 0.333. The van der Waals surface area contributed by atoms with Crippen molar-refractivity contribution in [2.75, 3.05) is 18.0 Å². The van der Waals surface area contributed by atoms with Gasteiger partial charge in [-0.2, -0.15) is 0 Å². The Morgan fingerprint density at radius 3 is 2.68 bits per heavy atom. The zero-order valence-electron chi connectivity index (χ0n) is 10.7. The molecule has 2 aliphatic rings. The van der Waals surface area contributed by atoms with Gasteiger partial charge in [0.05, 0.1) is 5.69 Å². The Morgan fingerprint density at radius 1 is 1.05 bits per heavy atom. The van der Waals surface area contributed by atoms with Crippen LogP contribution in [0.2, 0.25) is 0 Å². The highest BCUT2D eigenvalue weighted by molar-refractivity contribution is 5.60. The molecule has 2 saturated heterocycles. The number of fused-ring (bicyclic) bond motifs is 1. The average Bonchev–Trinajstić information content (AvgIpc) is 2.82. The van der Waals surface area contributed by atoms with Crippen molar-refractivity contribution >= 4 is 5.82 Å². The van der Waals surface area contributed by atoms with Crippen molar-refractivity contribution < 1.29 is 0 Å². The summed E-state index contributed by atoms with van der Waals surface area (Å²) < 4.78 is 0. The number of nitrogens with one attached hydrogen (secondary N) is 1. The SMILES string of the molecule is c1ccc(-c2ccc(N3CC4NCCC43)nn2)cc1.